The number of thiazole rings is 1. The number of nitrogens with zero attached hydrogens (tertiary/aromatic N) is 2. The maximum atomic E-state index is 14.3. The lowest BCUT2D eigenvalue weighted by Gasteiger charge is -2.19. The Balaban J connectivity index is 1.77. The number of carbonyl (C=O) groups excluding carboxylic acids is 2. The van der Waals surface area contributed by atoms with Crippen molar-refractivity contribution < 1.29 is 26.8 Å². The topological polar surface area (TPSA) is 122 Å². The highest BCUT2D eigenvalue weighted by atomic mass is 32.2. The van der Waals surface area contributed by atoms with Gasteiger partial charge in [0, 0.05) is 31.0 Å². The third kappa shape index (κ3) is 5.64. The van der Waals surface area contributed by atoms with Gasteiger partial charge in [0.15, 0.2) is 10.9 Å². The van der Waals surface area contributed by atoms with Crippen LogP contribution < -0.4 is 10.6 Å². The molecule has 0 fully saturated rings. The maximum Gasteiger partial charge on any atom is 0.257 e. The van der Waals surface area contributed by atoms with E-state index in [9.17, 15) is 22.4 Å². The van der Waals surface area contributed by atoms with Gasteiger partial charge in [0.2, 0.25) is 15.9 Å². The van der Waals surface area contributed by atoms with E-state index in [1.54, 1.807) is 31.4 Å². The molecule has 176 valence electrons. The third-order valence-electron chi connectivity index (χ3n) is 4.67. The number of nitrogens with one attached hydrogen (secondary N) is 2. The summed E-state index contributed by atoms with van der Waals surface area (Å²) in [6.45, 7) is 5.30. The summed E-state index contributed by atoms with van der Waals surface area (Å²) >= 11 is 1.15. The second-order valence-corrected chi connectivity index (χ2v) is 9.67. The molecule has 3 rings (SSSR count). The highest BCUT2D eigenvalue weighted by Crippen LogP contribution is 2.27. The Kier molecular flexibility index (Phi) is 7.61. The predicted octanol–water partition coefficient (Wildman–Crippen LogP) is 3.46. The largest absolute Gasteiger partial charge is 0.458 e. The van der Waals surface area contributed by atoms with Gasteiger partial charge in [-0.1, -0.05) is 13.8 Å². The average molecular weight is 495 g/mol. The normalized spacial score (nSPS) is 11.5. The maximum absolute atomic E-state index is 14.3. The second-order valence-electron chi connectivity index (χ2n) is 6.90. The van der Waals surface area contributed by atoms with Crippen molar-refractivity contribution in [1.29, 1.82) is 0 Å². The molecule has 0 unspecified atom stereocenters. The molecule has 33 heavy (non-hydrogen) atoms. The van der Waals surface area contributed by atoms with Crippen molar-refractivity contribution in [2.45, 2.75) is 32.2 Å². The van der Waals surface area contributed by atoms with Crippen LogP contribution in [0.5, 0.6) is 0 Å². The molecule has 2 aromatic heterocycles. The monoisotopic (exact) mass is 494 g/mol. The standard InChI is InChI=1S/C21H23FN4O5S2/c1-4-26(5-2)33(29,30)19-10-14(6-8-16(19)22)20(28)25-21-24-17(12-32-21)18-9-7-15(31-18)11-23-13(3)27/h6-10,12H,4-5,11H2,1-3H3,(H,23,27)(H,24,25,28). The van der Waals surface area contributed by atoms with Gasteiger partial charge in [-0.2, -0.15) is 4.31 Å². The van der Waals surface area contributed by atoms with Gasteiger partial charge >= 0.3 is 0 Å². The van der Waals surface area contributed by atoms with E-state index in [2.05, 4.69) is 15.6 Å². The van der Waals surface area contributed by atoms with Crippen LogP contribution in [0.25, 0.3) is 11.5 Å². The Morgan fingerprint density at radius 2 is 1.91 bits per heavy atom. The molecule has 9 nitrogen and oxygen atoms in total. The van der Waals surface area contributed by atoms with Crippen LogP contribution in [0.1, 0.15) is 36.9 Å². The first-order chi connectivity index (χ1) is 15.6. The molecule has 0 aliphatic heterocycles. The van der Waals surface area contributed by atoms with Crippen molar-refractivity contribution in [3.05, 3.63) is 52.9 Å². The summed E-state index contributed by atoms with van der Waals surface area (Å²) in [5.41, 5.74) is 0.461. The first kappa shape index (κ1) is 24.6. The minimum absolute atomic E-state index is 0.0190. The van der Waals surface area contributed by atoms with E-state index in [-0.39, 0.29) is 36.2 Å². The summed E-state index contributed by atoms with van der Waals surface area (Å²) in [6.07, 6.45) is 0. The van der Waals surface area contributed by atoms with E-state index in [1.165, 1.54) is 13.0 Å². The molecule has 0 aliphatic rings. The molecule has 0 radical (unpaired) electrons. The average Bonchev–Trinajstić information content (AvgIpc) is 3.42. The zero-order valence-corrected chi connectivity index (χ0v) is 19.8. The van der Waals surface area contributed by atoms with Gasteiger partial charge in [-0.25, -0.2) is 17.8 Å². The first-order valence-corrected chi connectivity index (χ1v) is 12.4. The van der Waals surface area contributed by atoms with Crippen LogP contribution in [0.2, 0.25) is 0 Å². The number of aromatic nitrogens is 1. The summed E-state index contributed by atoms with van der Waals surface area (Å²) in [4.78, 5) is 27.4. The predicted molar refractivity (Wildman–Crippen MR) is 122 cm³/mol. The van der Waals surface area contributed by atoms with Crippen LogP contribution in [-0.2, 0) is 21.4 Å². The van der Waals surface area contributed by atoms with Crippen molar-refractivity contribution in [2.75, 3.05) is 18.4 Å². The van der Waals surface area contributed by atoms with Gasteiger partial charge in [-0.3, -0.25) is 14.9 Å². The van der Waals surface area contributed by atoms with Crippen molar-refractivity contribution >= 4 is 38.3 Å². The minimum atomic E-state index is -4.07. The minimum Gasteiger partial charge on any atom is -0.458 e. The Morgan fingerprint density at radius 1 is 1.18 bits per heavy atom. The Bertz CT molecular complexity index is 1270. The lowest BCUT2D eigenvalue weighted by molar-refractivity contribution is -0.119. The fourth-order valence-electron chi connectivity index (χ4n) is 2.98. The molecule has 1 aromatic carbocycles. The molecule has 0 spiro atoms. The fourth-order valence-corrected chi connectivity index (χ4v) is 5.22. The Morgan fingerprint density at radius 3 is 2.58 bits per heavy atom. The number of benzene rings is 1. The second kappa shape index (κ2) is 10.2. The number of hydrogen-bond acceptors (Lipinski definition) is 7. The third-order valence-corrected chi connectivity index (χ3v) is 7.49. The van der Waals surface area contributed by atoms with Gasteiger partial charge in [0.1, 0.15) is 22.2 Å². The van der Waals surface area contributed by atoms with Crippen LogP contribution >= 0.6 is 11.3 Å². The van der Waals surface area contributed by atoms with Crippen molar-refractivity contribution in [3.63, 3.8) is 0 Å². The van der Waals surface area contributed by atoms with Crippen LogP contribution in [0.15, 0.2) is 45.0 Å². The Labute approximate surface area is 194 Å². The van der Waals surface area contributed by atoms with Gasteiger partial charge in [-0.15, -0.1) is 11.3 Å². The molecule has 0 atom stereocenters. The van der Waals surface area contributed by atoms with Crippen LogP contribution in [0.3, 0.4) is 0 Å². The number of carbonyl (C=O) groups is 2. The highest BCUT2D eigenvalue weighted by Gasteiger charge is 2.26. The molecular formula is C21H23FN4O5S2. The molecule has 0 saturated carbocycles. The molecule has 12 heteroatoms. The van der Waals surface area contributed by atoms with Gasteiger partial charge in [-0.05, 0) is 30.3 Å². The number of furan rings is 1. The highest BCUT2D eigenvalue weighted by molar-refractivity contribution is 7.89. The lowest BCUT2D eigenvalue weighted by Crippen LogP contribution is -2.31. The van der Waals surface area contributed by atoms with E-state index < -0.39 is 26.6 Å². The van der Waals surface area contributed by atoms with Crippen LogP contribution in [-0.4, -0.2) is 42.6 Å². The van der Waals surface area contributed by atoms with Gasteiger partial charge in [0.05, 0.1) is 6.54 Å². The van der Waals surface area contributed by atoms with Crippen molar-refractivity contribution in [2.24, 2.45) is 0 Å². The number of sulfonamides is 1. The molecule has 2 heterocycles. The SMILES string of the molecule is CCN(CC)S(=O)(=O)c1cc(C(=O)Nc2nc(-c3ccc(CNC(C)=O)o3)cs2)ccc1F. The van der Waals surface area contributed by atoms with E-state index in [1.807, 2.05) is 0 Å². The summed E-state index contributed by atoms with van der Waals surface area (Å²) in [7, 11) is -4.07. The van der Waals surface area contributed by atoms with Gasteiger partial charge in [0.25, 0.3) is 5.91 Å². The summed E-state index contributed by atoms with van der Waals surface area (Å²) in [5, 5.41) is 7.15. The zero-order chi connectivity index (χ0) is 24.2. The lowest BCUT2D eigenvalue weighted by atomic mass is 10.2. The molecule has 3 aromatic rings. The number of amides is 2. The smallest absolute Gasteiger partial charge is 0.257 e. The first-order valence-electron chi connectivity index (χ1n) is 10.1. The van der Waals surface area contributed by atoms with Crippen LogP contribution in [0, 0.1) is 5.82 Å². The molecule has 2 amide bonds. The quantitative estimate of drug-likeness (QED) is 0.470. The molecule has 0 aliphatic carbocycles. The number of halogens is 1. The fraction of sp³-hybridized carbons (Fsp3) is 0.286. The van der Waals surface area contributed by atoms with Gasteiger partial charge < -0.3 is 9.73 Å². The number of rotatable bonds is 9. The van der Waals surface area contributed by atoms with E-state index in [0.717, 1.165) is 27.8 Å². The molecular weight excluding hydrogens is 471 g/mol. The number of hydrogen-bond donors (Lipinski definition) is 2. The van der Waals surface area contributed by atoms with Crippen molar-refractivity contribution in [3.8, 4) is 11.5 Å². The van der Waals surface area contributed by atoms with Crippen molar-refractivity contribution in [1.82, 2.24) is 14.6 Å². The van der Waals surface area contributed by atoms with E-state index >= 15 is 0 Å². The molecule has 0 bridgehead atoms. The summed E-state index contributed by atoms with van der Waals surface area (Å²) in [6, 6.07) is 6.59. The molecule has 0 saturated heterocycles. The summed E-state index contributed by atoms with van der Waals surface area (Å²) in [5.74, 6) is -0.727. The van der Waals surface area contributed by atoms with E-state index in [4.69, 9.17) is 4.42 Å². The van der Waals surface area contributed by atoms with Crippen LogP contribution in [0.4, 0.5) is 9.52 Å². The summed E-state index contributed by atoms with van der Waals surface area (Å²) < 4.78 is 46.5. The molecule has 2 N–H and O–H groups in total. The zero-order valence-electron chi connectivity index (χ0n) is 18.2. The number of anilines is 1. The Hall–Kier alpha value is -3.09. The van der Waals surface area contributed by atoms with E-state index in [0.29, 0.717) is 17.2 Å².